The number of halogens is 3. The van der Waals surface area contributed by atoms with Crippen molar-refractivity contribution in [3.63, 3.8) is 0 Å². The maximum absolute atomic E-state index is 14.3. The van der Waals surface area contributed by atoms with Crippen molar-refractivity contribution in [2.75, 3.05) is 49.3 Å². The van der Waals surface area contributed by atoms with E-state index in [0.29, 0.717) is 36.6 Å². The van der Waals surface area contributed by atoms with E-state index in [1.54, 1.807) is 56.4 Å². The lowest BCUT2D eigenvalue weighted by molar-refractivity contribution is -0.137. The van der Waals surface area contributed by atoms with Crippen LogP contribution in [0.3, 0.4) is 0 Å². The number of anilines is 3. The molecule has 11 nitrogen and oxygen atoms in total. The Balaban J connectivity index is 1.55. The van der Waals surface area contributed by atoms with Crippen LogP contribution in [0.2, 0.25) is 0 Å². The van der Waals surface area contributed by atoms with Crippen LogP contribution in [0.25, 0.3) is 0 Å². The standard InChI is InChI=1S/C37H46F3N5O6/c1-24-21-45(25(2)23-46)34(47)31-20-30(42-35(48)41-28-11-6-5-7-12-28)17-18-32(31)51-26(3)10-8-9-19-50-33(24)22-44(4)36(49)43-29-15-13-27(14-16-29)37(38,39)40/h5-7,11-18,20,24-26,33,46H,8-10,19,21-23H2,1-4H3,(H,43,49)(H2,41,42,48)/t24-,25-,26+,33+/m1/s1. The van der Waals surface area contributed by atoms with Crippen LogP contribution in [0.1, 0.15) is 56.0 Å². The number of ether oxygens (including phenoxy) is 2. The van der Waals surface area contributed by atoms with Gasteiger partial charge in [-0.15, -0.1) is 0 Å². The zero-order valence-electron chi connectivity index (χ0n) is 29.2. The Morgan fingerprint density at radius 3 is 2.27 bits per heavy atom. The second-order valence-corrected chi connectivity index (χ2v) is 12.8. The third kappa shape index (κ3) is 11.3. The van der Waals surface area contributed by atoms with Gasteiger partial charge in [0.15, 0.2) is 0 Å². The molecule has 14 heteroatoms. The molecular weight excluding hydrogens is 667 g/mol. The molecule has 0 aliphatic carbocycles. The lowest BCUT2D eigenvalue weighted by Crippen LogP contribution is -2.48. The summed E-state index contributed by atoms with van der Waals surface area (Å²) >= 11 is 0. The van der Waals surface area contributed by atoms with Gasteiger partial charge in [0, 0.05) is 49.7 Å². The Bertz CT molecular complexity index is 1610. The molecule has 0 unspecified atom stereocenters. The normalized spacial score (nSPS) is 19.5. The lowest BCUT2D eigenvalue weighted by Gasteiger charge is -2.35. The van der Waals surface area contributed by atoms with Gasteiger partial charge in [0.2, 0.25) is 0 Å². The van der Waals surface area contributed by atoms with Crippen molar-refractivity contribution in [2.45, 2.75) is 64.5 Å². The third-order valence-electron chi connectivity index (χ3n) is 8.61. The van der Waals surface area contributed by atoms with E-state index in [-0.39, 0.29) is 43.0 Å². The topological polar surface area (TPSA) is 132 Å². The van der Waals surface area contributed by atoms with E-state index in [2.05, 4.69) is 16.0 Å². The molecule has 0 spiro atoms. The van der Waals surface area contributed by atoms with Gasteiger partial charge < -0.3 is 40.3 Å². The number of urea groups is 2. The highest BCUT2D eigenvalue weighted by molar-refractivity contribution is 6.02. The van der Waals surface area contributed by atoms with Gasteiger partial charge >= 0.3 is 18.2 Å². The maximum Gasteiger partial charge on any atom is 0.416 e. The minimum absolute atomic E-state index is 0.115. The van der Waals surface area contributed by atoms with E-state index in [4.69, 9.17) is 9.47 Å². The van der Waals surface area contributed by atoms with Crippen LogP contribution in [0, 0.1) is 5.92 Å². The average Bonchev–Trinajstić information content (AvgIpc) is 3.09. The number of nitrogens with zero attached hydrogens (tertiary/aromatic N) is 2. The summed E-state index contributed by atoms with van der Waals surface area (Å²) in [5, 5.41) is 18.3. The molecule has 3 aromatic rings. The molecule has 0 saturated carbocycles. The predicted molar refractivity (Wildman–Crippen MR) is 189 cm³/mol. The summed E-state index contributed by atoms with van der Waals surface area (Å²) < 4.78 is 51.5. The second kappa shape index (κ2) is 17.9. The van der Waals surface area contributed by atoms with Gasteiger partial charge in [0.05, 0.1) is 36.0 Å². The molecule has 5 amide bonds. The van der Waals surface area contributed by atoms with Crippen LogP contribution in [-0.2, 0) is 10.9 Å². The Morgan fingerprint density at radius 1 is 0.961 bits per heavy atom. The molecule has 0 saturated heterocycles. The molecule has 4 atom stereocenters. The number of carbonyl (C=O) groups is 3. The average molecular weight is 714 g/mol. The Hall–Kier alpha value is -4.82. The predicted octanol–water partition coefficient (Wildman–Crippen LogP) is 7.31. The molecule has 0 radical (unpaired) electrons. The lowest BCUT2D eigenvalue weighted by atomic mass is 10.0. The highest BCUT2D eigenvalue weighted by Gasteiger charge is 2.32. The van der Waals surface area contributed by atoms with Crippen molar-refractivity contribution in [1.82, 2.24) is 9.80 Å². The van der Waals surface area contributed by atoms with E-state index >= 15 is 0 Å². The molecule has 1 aliphatic heterocycles. The minimum atomic E-state index is -4.49. The maximum atomic E-state index is 14.3. The molecule has 4 rings (SSSR count). The van der Waals surface area contributed by atoms with Gasteiger partial charge in [-0.2, -0.15) is 13.2 Å². The Morgan fingerprint density at radius 2 is 1.61 bits per heavy atom. The minimum Gasteiger partial charge on any atom is -0.490 e. The van der Waals surface area contributed by atoms with Gasteiger partial charge in [0.1, 0.15) is 5.75 Å². The first-order valence-electron chi connectivity index (χ1n) is 16.9. The number of likely N-dealkylation sites (N-methyl/N-ethyl adjacent to an activating group) is 1. The van der Waals surface area contributed by atoms with E-state index in [9.17, 15) is 32.7 Å². The zero-order chi connectivity index (χ0) is 37.1. The Kier molecular flexibility index (Phi) is 13.7. The van der Waals surface area contributed by atoms with Gasteiger partial charge in [-0.05, 0) is 87.7 Å². The zero-order valence-corrected chi connectivity index (χ0v) is 29.2. The van der Waals surface area contributed by atoms with Crippen LogP contribution in [0.4, 0.5) is 39.8 Å². The number of amides is 5. The van der Waals surface area contributed by atoms with Crippen molar-refractivity contribution < 1.29 is 42.1 Å². The first-order valence-corrected chi connectivity index (χ1v) is 16.9. The molecule has 1 heterocycles. The van der Waals surface area contributed by atoms with Crippen LogP contribution in [-0.4, -0.2) is 84.5 Å². The summed E-state index contributed by atoms with van der Waals surface area (Å²) in [6.07, 6.45) is -3.14. The quantitative estimate of drug-likeness (QED) is 0.203. The van der Waals surface area contributed by atoms with Gasteiger partial charge in [-0.1, -0.05) is 25.1 Å². The number of para-hydroxylation sites is 1. The van der Waals surface area contributed by atoms with Crippen molar-refractivity contribution >= 4 is 35.0 Å². The number of hydrogen-bond donors (Lipinski definition) is 4. The molecule has 3 aromatic carbocycles. The largest absolute Gasteiger partial charge is 0.490 e. The fourth-order valence-electron chi connectivity index (χ4n) is 5.59. The number of fused-ring (bicyclic) bond motifs is 1. The van der Waals surface area contributed by atoms with Crippen LogP contribution in [0.15, 0.2) is 72.8 Å². The van der Waals surface area contributed by atoms with E-state index in [1.807, 2.05) is 19.9 Å². The fraction of sp³-hybridized carbons (Fsp3) is 0.432. The highest BCUT2D eigenvalue weighted by atomic mass is 19.4. The SMILES string of the molecule is C[C@@H]1CN([C@H](C)CO)C(=O)c2cc(NC(=O)Nc3ccccc3)ccc2O[C@@H](C)CCCCO[C@H]1CN(C)C(=O)Nc1ccc(C(F)(F)F)cc1. The van der Waals surface area contributed by atoms with Gasteiger partial charge in [-0.3, -0.25) is 4.79 Å². The molecule has 0 fully saturated rings. The molecular formula is C37H46F3N5O6. The van der Waals surface area contributed by atoms with Crippen LogP contribution < -0.4 is 20.7 Å². The smallest absolute Gasteiger partial charge is 0.416 e. The summed E-state index contributed by atoms with van der Waals surface area (Å²) in [5.41, 5.74) is 0.540. The summed E-state index contributed by atoms with van der Waals surface area (Å²) in [4.78, 5) is 43.1. The summed E-state index contributed by atoms with van der Waals surface area (Å²) in [6, 6.07) is 16.3. The summed E-state index contributed by atoms with van der Waals surface area (Å²) in [6.45, 7) is 5.81. The first-order chi connectivity index (χ1) is 24.2. The van der Waals surface area contributed by atoms with Crippen molar-refractivity contribution in [2.24, 2.45) is 5.92 Å². The van der Waals surface area contributed by atoms with E-state index < -0.39 is 41.9 Å². The fourth-order valence-corrected chi connectivity index (χ4v) is 5.59. The number of aliphatic hydroxyl groups is 1. The third-order valence-corrected chi connectivity index (χ3v) is 8.61. The molecule has 276 valence electrons. The molecule has 0 aromatic heterocycles. The van der Waals surface area contributed by atoms with Gasteiger partial charge in [-0.25, -0.2) is 9.59 Å². The first kappa shape index (κ1) is 39.0. The molecule has 0 bridgehead atoms. The highest BCUT2D eigenvalue weighted by Crippen LogP contribution is 2.31. The van der Waals surface area contributed by atoms with E-state index in [1.165, 1.54) is 21.9 Å². The van der Waals surface area contributed by atoms with E-state index in [0.717, 1.165) is 18.6 Å². The van der Waals surface area contributed by atoms with Crippen molar-refractivity contribution in [1.29, 1.82) is 0 Å². The number of alkyl halides is 3. The number of carbonyl (C=O) groups excluding carboxylic acids is 3. The number of rotatable bonds is 7. The van der Waals surface area contributed by atoms with Crippen molar-refractivity contribution in [3.05, 3.63) is 83.9 Å². The Labute approximate surface area is 296 Å². The number of aliphatic hydroxyl groups excluding tert-OH is 1. The summed E-state index contributed by atoms with van der Waals surface area (Å²) in [7, 11) is 1.55. The summed E-state index contributed by atoms with van der Waals surface area (Å²) in [5.74, 6) is -0.427. The van der Waals surface area contributed by atoms with Crippen molar-refractivity contribution in [3.8, 4) is 5.75 Å². The molecule has 51 heavy (non-hydrogen) atoms. The van der Waals surface area contributed by atoms with Gasteiger partial charge in [0.25, 0.3) is 5.91 Å². The van der Waals surface area contributed by atoms with Crippen LogP contribution in [0.5, 0.6) is 5.75 Å². The molecule has 4 N–H and O–H groups in total. The number of benzene rings is 3. The van der Waals surface area contributed by atoms with Crippen LogP contribution >= 0.6 is 0 Å². The molecule has 1 aliphatic rings. The number of hydrogen-bond acceptors (Lipinski definition) is 6. The second-order valence-electron chi connectivity index (χ2n) is 12.8. The monoisotopic (exact) mass is 713 g/mol. The number of nitrogens with one attached hydrogen (secondary N) is 3.